The molecule has 2 N–H and O–H groups in total. The van der Waals surface area contributed by atoms with E-state index in [0.717, 1.165) is 0 Å². The highest BCUT2D eigenvalue weighted by molar-refractivity contribution is 5.77. The molecule has 0 bridgehead atoms. The summed E-state index contributed by atoms with van der Waals surface area (Å²) in [5.74, 6) is 0.156. The van der Waals surface area contributed by atoms with E-state index in [4.69, 9.17) is 5.11 Å². The van der Waals surface area contributed by atoms with Crippen LogP contribution >= 0.6 is 0 Å². The van der Waals surface area contributed by atoms with Gasteiger partial charge in [0.15, 0.2) is 0 Å². The van der Waals surface area contributed by atoms with Crippen molar-refractivity contribution < 1.29 is 9.90 Å². The van der Waals surface area contributed by atoms with Crippen LogP contribution in [0.5, 0.6) is 0 Å². The summed E-state index contributed by atoms with van der Waals surface area (Å²) >= 11 is 0. The predicted molar refractivity (Wildman–Crippen MR) is 66.2 cm³/mol. The highest BCUT2D eigenvalue weighted by atomic mass is 16.4. The van der Waals surface area contributed by atoms with Gasteiger partial charge in [-0.1, -0.05) is 13.8 Å². The zero-order valence-electron chi connectivity index (χ0n) is 10.5. The number of carboxylic acids is 1. The van der Waals surface area contributed by atoms with Gasteiger partial charge in [0.1, 0.15) is 11.9 Å². The molecule has 1 rings (SSSR count). The van der Waals surface area contributed by atoms with Crippen LogP contribution in [-0.4, -0.2) is 41.2 Å². The Bertz CT molecular complexity index is 393. The number of anilines is 2. The summed E-state index contributed by atoms with van der Waals surface area (Å²) < 4.78 is 0. The normalized spacial score (nSPS) is 12.3. The molecule has 0 aromatic carbocycles. The van der Waals surface area contributed by atoms with Crippen LogP contribution in [0.2, 0.25) is 0 Å². The number of nitrogens with zero attached hydrogens (tertiary/aromatic N) is 3. The van der Waals surface area contributed by atoms with Crippen molar-refractivity contribution in [2.75, 3.05) is 24.3 Å². The van der Waals surface area contributed by atoms with Crippen LogP contribution in [0.15, 0.2) is 12.3 Å². The standard InChI is InChI=1S/C11H18N4O2/c1-7(2)9(10(16)17)13-8-5-6-12-11(14-8)15(3)4/h5-7,9H,1-4H3,(H,16,17)(H,12,13,14)/t9-/m0/s1. The zero-order valence-corrected chi connectivity index (χ0v) is 10.5. The van der Waals surface area contributed by atoms with Gasteiger partial charge in [0, 0.05) is 20.3 Å². The highest BCUT2D eigenvalue weighted by Crippen LogP contribution is 2.12. The molecule has 0 saturated heterocycles. The van der Waals surface area contributed by atoms with Gasteiger partial charge in [-0.3, -0.25) is 0 Å². The van der Waals surface area contributed by atoms with E-state index < -0.39 is 12.0 Å². The molecule has 0 amide bonds. The molecule has 17 heavy (non-hydrogen) atoms. The summed E-state index contributed by atoms with van der Waals surface area (Å²) in [6, 6.07) is 1.01. The second kappa shape index (κ2) is 5.47. The number of nitrogens with one attached hydrogen (secondary N) is 1. The van der Waals surface area contributed by atoms with E-state index in [9.17, 15) is 4.79 Å². The van der Waals surface area contributed by atoms with Crippen molar-refractivity contribution in [3.05, 3.63) is 12.3 Å². The van der Waals surface area contributed by atoms with Crippen LogP contribution < -0.4 is 10.2 Å². The Labute approximate surface area is 101 Å². The summed E-state index contributed by atoms with van der Waals surface area (Å²) in [5.41, 5.74) is 0. The molecule has 1 heterocycles. The first kappa shape index (κ1) is 13.2. The lowest BCUT2D eigenvalue weighted by molar-refractivity contribution is -0.138. The van der Waals surface area contributed by atoms with Gasteiger partial charge in [-0.25, -0.2) is 9.78 Å². The molecule has 0 aliphatic rings. The second-order valence-corrected chi connectivity index (χ2v) is 4.34. The topological polar surface area (TPSA) is 78.4 Å². The van der Waals surface area contributed by atoms with Gasteiger partial charge in [-0.2, -0.15) is 4.98 Å². The maximum atomic E-state index is 11.0. The van der Waals surface area contributed by atoms with E-state index >= 15 is 0 Å². The molecule has 1 atom stereocenters. The van der Waals surface area contributed by atoms with Crippen LogP contribution in [0, 0.1) is 5.92 Å². The number of carbonyl (C=O) groups is 1. The van der Waals surface area contributed by atoms with Crippen molar-refractivity contribution in [2.45, 2.75) is 19.9 Å². The van der Waals surface area contributed by atoms with Crippen LogP contribution in [-0.2, 0) is 4.79 Å². The number of aromatic nitrogens is 2. The van der Waals surface area contributed by atoms with Gasteiger partial charge < -0.3 is 15.3 Å². The van der Waals surface area contributed by atoms with Crippen molar-refractivity contribution in [3.8, 4) is 0 Å². The molecule has 0 aliphatic carbocycles. The first-order valence-electron chi connectivity index (χ1n) is 5.41. The molecule has 94 valence electrons. The van der Waals surface area contributed by atoms with Crippen molar-refractivity contribution in [1.82, 2.24) is 9.97 Å². The van der Waals surface area contributed by atoms with Crippen LogP contribution in [0.4, 0.5) is 11.8 Å². The molecule has 1 aromatic rings. The fourth-order valence-corrected chi connectivity index (χ4v) is 1.32. The third-order valence-electron chi connectivity index (χ3n) is 2.28. The summed E-state index contributed by atoms with van der Waals surface area (Å²) in [5, 5.41) is 12.0. The molecular weight excluding hydrogens is 220 g/mol. The smallest absolute Gasteiger partial charge is 0.326 e. The summed E-state index contributed by atoms with van der Waals surface area (Å²) in [7, 11) is 3.66. The summed E-state index contributed by atoms with van der Waals surface area (Å²) in [6.45, 7) is 3.69. The zero-order chi connectivity index (χ0) is 13.0. The Morgan fingerprint density at radius 1 is 1.47 bits per heavy atom. The van der Waals surface area contributed by atoms with Gasteiger partial charge >= 0.3 is 5.97 Å². The fraction of sp³-hybridized carbons (Fsp3) is 0.545. The quantitative estimate of drug-likeness (QED) is 0.798. The third-order valence-corrected chi connectivity index (χ3v) is 2.28. The maximum absolute atomic E-state index is 11.0. The highest BCUT2D eigenvalue weighted by Gasteiger charge is 2.21. The molecule has 0 radical (unpaired) electrons. The summed E-state index contributed by atoms with van der Waals surface area (Å²) in [4.78, 5) is 21.1. The number of rotatable bonds is 5. The largest absolute Gasteiger partial charge is 0.480 e. The molecule has 1 aromatic heterocycles. The average molecular weight is 238 g/mol. The van der Waals surface area contributed by atoms with E-state index in [1.807, 2.05) is 27.9 Å². The minimum atomic E-state index is -0.884. The Balaban J connectivity index is 2.86. The predicted octanol–water partition coefficient (Wildman–Crippen LogP) is 1.06. The molecule has 6 nitrogen and oxygen atoms in total. The second-order valence-electron chi connectivity index (χ2n) is 4.34. The van der Waals surface area contributed by atoms with E-state index in [-0.39, 0.29) is 5.92 Å². The Morgan fingerprint density at radius 2 is 2.12 bits per heavy atom. The lowest BCUT2D eigenvalue weighted by atomic mass is 10.1. The van der Waals surface area contributed by atoms with Crippen LogP contribution in [0.1, 0.15) is 13.8 Å². The number of hydrogen-bond donors (Lipinski definition) is 2. The first-order chi connectivity index (χ1) is 7.91. The van der Waals surface area contributed by atoms with Crippen molar-refractivity contribution in [3.63, 3.8) is 0 Å². The fourth-order valence-electron chi connectivity index (χ4n) is 1.32. The van der Waals surface area contributed by atoms with Crippen molar-refractivity contribution in [2.24, 2.45) is 5.92 Å². The molecule has 0 aliphatic heterocycles. The SMILES string of the molecule is CC(C)[C@H](Nc1ccnc(N(C)C)n1)C(=O)O. The summed E-state index contributed by atoms with van der Waals surface area (Å²) in [6.07, 6.45) is 1.60. The maximum Gasteiger partial charge on any atom is 0.326 e. The van der Waals surface area contributed by atoms with E-state index in [2.05, 4.69) is 15.3 Å². The Hall–Kier alpha value is -1.85. The third kappa shape index (κ3) is 3.58. The molecule has 6 heteroatoms. The minimum Gasteiger partial charge on any atom is -0.480 e. The lowest BCUT2D eigenvalue weighted by Crippen LogP contribution is -2.34. The van der Waals surface area contributed by atoms with Crippen LogP contribution in [0.3, 0.4) is 0 Å². The van der Waals surface area contributed by atoms with E-state index in [1.54, 1.807) is 17.2 Å². The van der Waals surface area contributed by atoms with Gasteiger partial charge in [-0.15, -0.1) is 0 Å². The minimum absolute atomic E-state index is 0.0229. The average Bonchev–Trinajstić information content (AvgIpc) is 2.25. The lowest BCUT2D eigenvalue weighted by Gasteiger charge is -2.19. The van der Waals surface area contributed by atoms with E-state index in [0.29, 0.717) is 11.8 Å². The van der Waals surface area contributed by atoms with E-state index in [1.165, 1.54) is 0 Å². The van der Waals surface area contributed by atoms with Gasteiger partial charge in [0.25, 0.3) is 0 Å². The number of hydrogen-bond acceptors (Lipinski definition) is 5. The van der Waals surface area contributed by atoms with Crippen LogP contribution in [0.25, 0.3) is 0 Å². The van der Waals surface area contributed by atoms with Gasteiger partial charge in [-0.05, 0) is 12.0 Å². The van der Waals surface area contributed by atoms with Gasteiger partial charge in [0.2, 0.25) is 5.95 Å². The number of aliphatic carboxylic acids is 1. The molecule has 0 saturated carbocycles. The molecule has 0 spiro atoms. The Morgan fingerprint density at radius 3 is 2.59 bits per heavy atom. The Kier molecular flexibility index (Phi) is 4.25. The van der Waals surface area contributed by atoms with Gasteiger partial charge in [0.05, 0.1) is 0 Å². The molecule has 0 fully saturated rings. The first-order valence-corrected chi connectivity index (χ1v) is 5.41. The van der Waals surface area contributed by atoms with Crippen molar-refractivity contribution in [1.29, 1.82) is 0 Å². The number of carboxylic acid groups (broad SMARTS) is 1. The molecular formula is C11H18N4O2. The monoisotopic (exact) mass is 238 g/mol. The van der Waals surface area contributed by atoms with Crippen molar-refractivity contribution >= 4 is 17.7 Å². The molecule has 0 unspecified atom stereocenters.